The predicted octanol–water partition coefficient (Wildman–Crippen LogP) is 3.91. The molecule has 0 radical (unpaired) electrons. The van der Waals surface area contributed by atoms with E-state index in [0.717, 1.165) is 5.75 Å². The number of nitrogens with zero attached hydrogens (tertiary/aromatic N) is 3. The fourth-order valence-electron chi connectivity index (χ4n) is 1.96. The number of hydrogen-bond acceptors (Lipinski definition) is 5. The van der Waals surface area contributed by atoms with E-state index in [2.05, 4.69) is 4.98 Å². The van der Waals surface area contributed by atoms with Crippen molar-refractivity contribution in [2.24, 2.45) is 7.05 Å². The Morgan fingerprint density at radius 1 is 0.957 bits per heavy atom. The first-order valence-corrected chi connectivity index (χ1v) is 6.80. The van der Waals surface area contributed by atoms with Crippen LogP contribution >= 0.6 is 0 Å². The van der Waals surface area contributed by atoms with Gasteiger partial charge in [-0.3, -0.25) is 4.57 Å². The molecule has 3 rings (SSSR count). The van der Waals surface area contributed by atoms with Crippen molar-refractivity contribution in [2.75, 3.05) is 0 Å². The van der Waals surface area contributed by atoms with E-state index >= 15 is 0 Å². The summed E-state index contributed by atoms with van der Waals surface area (Å²) in [5.74, 6) is 1.58. The van der Waals surface area contributed by atoms with Crippen LogP contribution in [0.15, 0.2) is 60.9 Å². The Balaban J connectivity index is 1.76. The molecule has 0 saturated carbocycles. The number of rotatable bonds is 5. The highest BCUT2D eigenvalue weighted by Gasteiger charge is 2.22. The van der Waals surface area contributed by atoms with Crippen LogP contribution in [0.5, 0.6) is 23.1 Å². The average Bonchev–Trinajstić information content (AvgIpc) is 2.91. The van der Waals surface area contributed by atoms with E-state index in [1.807, 2.05) is 30.3 Å². The Hall–Kier alpha value is -3.35. The molecule has 3 aromatic rings. The lowest BCUT2D eigenvalue weighted by Gasteiger charge is -2.08. The normalized spacial score (nSPS) is 10.3. The third kappa shape index (κ3) is 3.29. The highest BCUT2D eigenvalue weighted by Crippen LogP contribution is 2.31. The second-order valence-electron chi connectivity index (χ2n) is 4.73. The summed E-state index contributed by atoms with van der Waals surface area (Å²) in [7, 11) is 1.63. The maximum absolute atomic E-state index is 10.9. The molecule has 2 aromatic carbocycles. The lowest BCUT2D eigenvalue weighted by Crippen LogP contribution is -1.96. The minimum atomic E-state index is -0.581. The number of aryl methyl sites for hydroxylation is 1. The van der Waals surface area contributed by atoms with Gasteiger partial charge in [0, 0.05) is 7.05 Å². The second kappa shape index (κ2) is 6.18. The van der Waals surface area contributed by atoms with Crippen LogP contribution < -0.4 is 9.47 Å². The molecular weight excluding hydrogens is 298 g/mol. The molecule has 7 heteroatoms. The van der Waals surface area contributed by atoms with Crippen LogP contribution in [0, 0.1) is 10.1 Å². The van der Waals surface area contributed by atoms with E-state index in [0.29, 0.717) is 11.5 Å². The van der Waals surface area contributed by atoms with Crippen molar-refractivity contribution in [3.63, 3.8) is 0 Å². The monoisotopic (exact) mass is 311 g/mol. The first kappa shape index (κ1) is 14.6. The first-order chi connectivity index (χ1) is 11.1. The Bertz CT molecular complexity index is 813. The smallest absolute Gasteiger partial charge is 0.427 e. The summed E-state index contributed by atoms with van der Waals surface area (Å²) < 4.78 is 12.7. The molecule has 1 aromatic heterocycles. The van der Waals surface area contributed by atoms with E-state index in [1.54, 1.807) is 31.3 Å². The summed E-state index contributed by atoms with van der Waals surface area (Å²) in [6, 6.07) is 16.2. The lowest BCUT2D eigenvalue weighted by atomic mass is 10.3. The Labute approximate surface area is 131 Å². The summed E-state index contributed by atoms with van der Waals surface area (Å²) in [6.45, 7) is 0. The van der Waals surface area contributed by atoms with Gasteiger partial charge in [0.1, 0.15) is 17.2 Å². The second-order valence-corrected chi connectivity index (χ2v) is 4.73. The van der Waals surface area contributed by atoms with Crippen molar-refractivity contribution in [2.45, 2.75) is 0 Å². The fourth-order valence-corrected chi connectivity index (χ4v) is 1.96. The molecule has 0 aliphatic heterocycles. The van der Waals surface area contributed by atoms with Crippen molar-refractivity contribution in [3.05, 3.63) is 71.0 Å². The maximum atomic E-state index is 10.9. The van der Waals surface area contributed by atoms with Gasteiger partial charge < -0.3 is 19.6 Å². The van der Waals surface area contributed by atoms with Crippen LogP contribution in [0.25, 0.3) is 0 Å². The van der Waals surface area contributed by atoms with Crippen LogP contribution in [0.3, 0.4) is 0 Å². The van der Waals surface area contributed by atoms with E-state index in [-0.39, 0.29) is 11.7 Å². The molecular formula is C16H13N3O4. The molecule has 116 valence electrons. The van der Waals surface area contributed by atoms with E-state index in [9.17, 15) is 10.1 Å². The van der Waals surface area contributed by atoms with Crippen molar-refractivity contribution < 1.29 is 14.4 Å². The Morgan fingerprint density at radius 2 is 1.52 bits per heavy atom. The molecule has 0 atom stereocenters. The number of benzene rings is 2. The van der Waals surface area contributed by atoms with Crippen LogP contribution in [0.2, 0.25) is 0 Å². The van der Waals surface area contributed by atoms with Gasteiger partial charge in [0.05, 0.1) is 0 Å². The van der Waals surface area contributed by atoms with E-state index in [1.165, 1.54) is 10.9 Å². The highest BCUT2D eigenvalue weighted by molar-refractivity contribution is 5.40. The SMILES string of the molecule is Cn1cnc([N+](=O)[O-])c1Oc1ccc(Oc2ccccc2)cc1. The fraction of sp³-hybridized carbons (Fsp3) is 0.0625. The van der Waals surface area contributed by atoms with Gasteiger partial charge in [0.15, 0.2) is 0 Å². The van der Waals surface area contributed by atoms with Gasteiger partial charge in [-0.05, 0) is 46.3 Å². The third-order valence-electron chi connectivity index (χ3n) is 3.05. The van der Waals surface area contributed by atoms with Gasteiger partial charge in [-0.25, -0.2) is 0 Å². The maximum Gasteiger partial charge on any atom is 0.427 e. The van der Waals surface area contributed by atoms with Crippen LogP contribution in [-0.4, -0.2) is 14.5 Å². The minimum absolute atomic E-state index is 0.0757. The first-order valence-electron chi connectivity index (χ1n) is 6.80. The molecule has 0 bridgehead atoms. The zero-order valence-corrected chi connectivity index (χ0v) is 12.2. The molecule has 0 aliphatic rings. The minimum Gasteiger partial charge on any atom is -0.457 e. The largest absolute Gasteiger partial charge is 0.457 e. The topological polar surface area (TPSA) is 79.4 Å². The standard InChI is InChI=1S/C16H13N3O4/c1-18-11-17-15(19(20)21)16(18)23-14-9-7-13(8-10-14)22-12-5-3-2-4-6-12/h2-11H,1H3. The Morgan fingerprint density at radius 3 is 2.13 bits per heavy atom. The number of imidazole rings is 1. The summed E-state index contributed by atoms with van der Waals surface area (Å²) in [6.07, 6.45) is 1.33. The molecule has 7 nitrogen and oxygen atoms in total. The zero-order valence-electron chi connectivity index (χ0n) is 12.2. The van der Waals surface area contributed by atoms with Gasteiger partial charge in [0.2, 0.25) is 6.33 Å². The van der Waals surface area contributed by atoms with Gasteiger partial charge in [-0.2, -0.15) is 0 Å². The van der Waals surface area contributed by atoms with E-state index in [4.69, 9.17) is 9.47 Å². The van der Waals surface area contributed by atoms with Gasteiger partial charge in [-0.15, -0.1) is 0 Å². The molecule has 1 heterocycles. The summed E-state index contributed by atoms with van der Waals surface area (Å²) in [5.41, 5.74) is 0. The summed E-state index contributed by atoms with van der Waals surface area (Å²) in [5, 5.41) is 10.9. The van der Waals surface area contributed by atoms with Gasteiger partial charge in [-0.1, -0.05) is 18.2 Å². The molecule has 0 spiro atoms. The van der Waals surface area contributed by atoms with Crippen LogP contribution in [0.1, 0.15) is 0 Å². The van der Waals surface area contributed by atoms with Gasteiger partial charge >= 0.3 is 11.7 Å². The van der Waals surface area contributed by atoms with Crippen molar-refractivity contribution in [1.29, 1.82) is 0 Å². The predicted molar refractivity (Wildman–Crippen MR) is 82.9 cm³/mol. The number of aromatic nitrogens is 2. The zero-order chi connectivity index (χ0) is 16.2. The quantitative estimate of drug-likeness (QED) is 0.527. The molecule has 0 amide bonds. The van der Waals surface area contributed by atoms with Crippen LogP contribution in [0.4, 0.5) is 5.82 Å². The molecule has 0 saturated heterocycles. The molecule has 0 unspecified atom stereocenters. The molecule has 0 fully saturated rings. The number of para-hydroxylation sites is 1. The highest BCUT2D eigenvalue weighted by atomic mass is 16.6. The lowest BCUT2D eigenvalue weighted by molar-refractivity contribution is -0.390. The summed E-state index contributed by atoms with van der Waals surface area (Å²) in [4.78, 5) is 14.0. The van der Waals surface area contributed by atoms with Crippen molar-refractivity contribution in [3.8, 4) is 23.1 Å². The average molecular weight is 311 g/mol. The third-order valence-corrected chi connectivity index (χ3v) is 3.05. The van der Waals surface area contributed by atoms with Crippen molar-refractivity contribution >= 4 is 5.82 Å². The number of ether oxygens (including phenoxy) is 2. The molecule has 23 heavy (non-hydrogen) atoms. The van der Waals surface area contributed by atoms with Crippen molar-refractivity contribution in [1.82, 2.24) is 9.55 Å². The number of nitro groups is 1. The van der Waals surface area contributed by atoms with Gasteiger partial charge in [0.25, 0.3) is 0 Å². The summed E-state index contributed by atoms with van der Waals surface area (Å²) >= 11 is 0. The number of hydrogen-bond donors (Lipinski definition) is 0. The van der Waals surface area contributed by atoms with Crippen LogP contribution in [-0.2, 0) is 7.05 Å². The van der Waals surface area contributed by atoms with E-state index < -0.39 is 4.92 Å². The molecule has 0 N–H and O–H groups in total. The molecule has 0 aliphatic carbocycles. The Kier molecular flexibility index (Phi) is 3.92.